The zero-order valence-corrected chi connectivity index (χ0v) is 14.0. The number of hydrogen-bond acceptors (Lipinski definition) is 4. The molecule has 1 aromatic rings. The molecule has 0 saturated heterocycles. The topological polar surface area (TPSA) is 84.5 Å². The van der Waals surface area contributed by atoms with Crippen LogP contribution in [0.2, 0.25) is 0 Å². The van der Waals surface area contributed by atoms with E-state index in [1.807, 2.05) is 12.2 Å². The quantitative estimate of drug-likeness (QED) is 0.589. The highest BCUT2D eigenvalue weighted by Gasteiger charge is 2.25. The van der Waals surface area contributed by atoms with Crippen molar-refractivity contribution in [3.8, 4) is 0 Å². The Hall–Kier alpha value is -2.63. The van der Waals surface area contributed by atoms with E-state index >= 15 is 0 Å². The van der Waals surface area contributed by atoms with Crippen LogP contribution >= 0.6 is 0 Å². The van der Waals surface area contributed by atoms with Gasteiger partial charge in [0.15, 0.2) is 6.61 Å². The molecule has 0 aromatic heterocycles. The van der Waals surface area contributed by atoms with Crippen LogP contribution in [-0.2, 0) is 14.3 Å². The summed E-state index contributed by atoms with van der Waals surface area (Å²) in [5.74, 6) is -0.834. The predicted molar refractivity (Wildman–Crippen MR) is 93.0 cm³/mol. The maximum absolute atomic E-state index is 12.2. The van der Waals surface area contributed by atoms with Gasteiger partial charge in [-0.05, 0) is 43.7 Å². The van der Waals surface area contributed by atoms with Crippen molar-refractivity contribution in [3.05, 3.63) is 42.0 Å². The highest BCUT2D eigenvalue weighted by Crippen LogP contribution is 2.22. The molecule has 0 bridgehead atoms. The van der Waals surface area contributed by atoms with Crippen molar-refractivity contribution in [1.82, 2.24) is 5.32 Å². The Morgan fingerprint density at radius 3 is 2.64 bits per heavy atom. The first-order chi connectivity index (χ1) is 12.1. The highest BCUT2D eigenvalue weighted by atomic mass is 16.5. The molecule has 1 aromatic carbocycles. The van der Waals surface area contributed by atoms with E-state index < -0.39 is 5.91 Å². The third-order valence-electron chi connectivity index (χ3n) is 4.26. The maximum atomic E-state index is 12.2. The summed E-state index contributed by atoms with van der Waals surface area (Å²) < 4.78 is 5.03. The molecule has 25 heavy (non-hydrogen) atoms. The number of allylic oxidation sites excluding steroid dienone is 2. The zero-order valence-electron chi connectivity index (χ0n) is 14.0. The fraction of sp³-hybridized carbons (Fsp3) is 0.421. The smallest absolute Gasteiger partial charge is 0.306 e. The molecule has 132 valence electrons. The minimum Gasteiger partial charge on any atom is -0.456 e. The van der Waals surface area contributed by atoms with Crippen LogP contribution in [0.1, 0.15) is 42.5 Å². The van der Waals surface area contributed by atoms with Gasteiger partial charge in [0.1, 0.15) is 0 Å². The number of carbonyl (C=O) groups is 3. The number of nitrogens with one attached hydrogen (secondary N) is 2. The summed E-state index contributed by atoms with van der Waals surface area (Å²) in [6.07, 6.45) is 8.27. The first-order valence-electron chi connectivity index (χ1n) is 8.64. The number of benzene rings is 1. The Morgan fingerprint density at radius 2 is 1.92 bits per heavy atom. The molecule has 3 rings (SSSR count). The van der Waals surface area contributed by atoms with Gasteiger partial charge in [0.05, 0.1) is 17.7 Å². The van der Waals surface area contributed by atoms with Crippen LogP contribution in [0.3, 0.4) is 0 Å². The van der Waals surface area contributed by atoms with E-state index in [1.165, 1.54) is 0 Å². The van der Waals surface area contributed by atoms with Gasteiger partial charge in [0.2, 0.25) is 0 Å². The van der Waals surface area contributed by atoms with Crippen molar-refractivity contribution >= 4 is 23.5 Å². The molecule has 0 spiro atoms. The average Bonchev–Trinajstić information content (AvgIpc) is 3.26. The molecule has 6 nitrogen and oxygen atoms in total. The van der Waals surface area contributed by atoms with Crippen LogP contribution in [0.25, 0.3) is 0 Å². The standard InChI is InChI=1S/C19H22N2O4/c22-17(12-25-18(23)11-13-5-1-2-6-13)21-16-8-4-3-7-15(16)19(24)20-14-9-10-14/h1,3-5,7-8,13-14H,2,6,9-12H2,(H,20,24)(H,21,22)/t13-/m0/s1. The summed E-state index contributed by atoms with van der Waals surface area (Å²) in [4.78, 5) is 36.0. The molecule has 6 heteroatoms. The van der Waals surface area contributed by atoms with Crippen LogP contribution in [0.4, 0.5) is 5.69 Å². The van der Waals surface area contributed by atoms with Crippen molar-refractivity contribution in [2.24, 2.45) is 5.92 Å². The fourth-order valence-electron chi connectivity index (χ4n) is 2.75. The lowest BCUT2D eigenvalue weighted by Crippen LogP contribution is -2.28. The van der Waals surface area contributed by atoms with Crippen LogP contribution < -0.4 is 10.6 Å². The van der Waals surface area contributed by atoms with Crippen molar-refractivity contribution in [2.45, 2.75) is 38.1 Å². The molecule has 2 aliphatic rings. The van der Waals surface area contributed by atoms with Crippen LogP contribution in [0, 0.1) is 5.92 Å². The first-order valence-corrected chi connectivity index (χ1v) is 8.64. The number of anilines is 1. The minimum atomic E-state index is -0.456. The molecule has 2 aliphatic carbocycles. The molecule has 0 unspecified atom stereocenters. The van der Waals surface area contributed by atoms with Gasteiger partial charge >= 0.3 is 5.97 Å². The summed E-state index contributed by atoms with van der Waals surface area (Å²) in [6.45, 7) is -0.353. The number of esters is 1. The van der Waals surface area contributed by atoms with Crippen LogP contribution in [0.5, 0.6) is 0 Å². The third kappa shape index (κ3) is 5.17. The Kier molecular flexibility index (Phi) is 5.48. The van der Waals surface area contributed by atoms with E-state index in [4.69, 9.17) is 4.74 Å². The van der Waals surface area contributed by atoms with E-state index in [2.05, 4.69) is 10.6 Å². The molecule has 2 amide bonds. The molecule has 1 saturated carbocycles. The van der Waals surface area contributed by atoms with Gasteiger partial charge in [-0.3, -0.25) is 14.4 Å². The number of para-hydroxylation sites is 1. The summed E-state index contributed by atoms with van der Waals surface area (Å²) in [6, 6.07) is 7.03. The lowest BCUT2D eigenvalue weighted by Gasteiger charge is -2.12. The number of ether oxygens (including phenoxy) is 1. The molecular formula is C19H22N2O4. The molecule has 0 radical (unpaired) electrons. The van der Waals surface area contributed by atoms with Crippen molar-refractivity contribution in [1.29, 1.82) is 0 Å². The summed E-state index contributed by atoms with van der Waals surface area (Å²) in [7, 11) is 0. The molecule has 0 heterocycles. The van der Waals surface area contributed by atoms with Gasteiger partial charge in [-0.1, -0.05) is 24.3 Å². The summed E-state index contributed by atoms with van der Waals surface area (Å²) in [5.41, 5.74) is 0.825. The van der Waals surface area contributed by atoms with Crippen molar-refractivity contribution in [3.63, 3.8) is 0 Å². The van der Waals surface area contributed by atoms with E-state index in [0.717, 1.165) is 25.7 Å². The molecule has 1 fully saturated rings. The highest BCUT2D eigenvalue weighted by molar-refractivity contribution is 6.04. The van der Waals surface area contributed by atoms with Crippen LogP contribution in [-0.4, -0.2) is 30.4 Å². The zero-order chi connectivity index (χ0) is 17.6. The van der Waals surface area contributed by atoms with Gasteiger partial charge in [0.25, 0.3) is 11.8 Å². The maximum Gasteiger partial charge on any atom is 0.306 e. The van der Waals surface area contributed by atoms with Crippen molar-refractivity contribution in [2.75, 3.05) is 11.9 Å². The van der Waals surface area contributed by atoms with Crippen molar-refractivity contribution < 1.29 is 19.1 Å². The molecule has 1 atom stereocenters. The molecule has 2 N–H and O–H groups in total. The third-order valence-corrected chi connectivity index (χ3v) is 4.26. The number of carbonyl (C=O) groups excluding carboxylic acids is 3. The molecule has 0 aliphatic heterocycles. The first kappa shape index (κ1) is 17.2. The Balaban J connectivity index is 1.49. The second kappa shape index (κ2) is 7.96. The second-order valence-corrected chi connectivity index (χ2v) is 6.47. The van der Waals surface area contributed by atoms with Gasteiger partial charge in [-0.2, -0.15) is 0 Å². The Morgan fingerprint density at radius 1 is 1.12 bits per heavy atom. The number of amides is 2. The van der Waals surface area contributed by atoms with Gasteiger partial charge in [-0.25, -0.2) is 0 Å². The minimum absolute atomic E-state index is 0.205. The SMILES string of the molecule is O=C(COC(=O)C[C@H]1C=CCC1)Nc1ccccc1C(=O)NC1CC1. The largest absolute Gasteiger partial charge is 0.456 e. The normalized spacial score (nSPS) is 18.6. The lowest BCUT2D eigenvalue weighted by molar-refractivity contribution is -0.147. The second-order valence-electron chi connectivity index (χ2n) is 6.47. The van der Waals surface area contributed by atoms with E-state index in [9.17, 15) is 14.4 Å². The average molecular weight is 342 g/mol. The number of hydrogen-bond donors (Lipinski definition) is 2. The van der Waals surface area contributed by atoms with E-state index in [0.29, 0.717) is 17.7 Å². The van der Waals surface area contributed by atoms with E-state index in [1.54, 1.807) is 24.3 Å². The van der Waals surface area contributed by atoms with Gasteiger partial charge < -0.3 is 15.4 Å². The summed E-state index contributed by atoms with van der Waals surface area (Å²) >= 11 is 0. The monoisotopic (exact) mass is 342 g/mol. The predicted octanol–water partition coefficient (Wildman–Crippen LogP) is 2.42. The van der Waals surface area contributed by atoms with Gasteiger partial charge in [-0.15, -0.1) is 0 Å². The number of rotatable bonds is 7. The Labute approximate surface area is 146 Å². The lowest BCUT2D eigenvalue weighted by atomic mass is 10.1. The fourth-order valence-corrected chi connectivity index (χ4v) is 2.75. The summed E-state index contributed by atoms with van der Waals surface area (Å²) in [5, 5.41) is 5.54. The van der Waals surface area contributed by atoms with Gasteiger partial charge in [0, 0.05) is 6.04 Å². The Bertz CT molecular complexity index is 694. The molecular weight excluding hydrogens is 320 g/mol. The van der Waals surface area contributed by atoms with Crippen LogP contribution in [0.15, 0.2) is 36.4 Å². The van der Waals surface area contributed by atoms with E-state index in [-0.39, 0.29) is 30.4 Å².